The van der Waals surface area contributed by atoms with Gasteiger partial charge in [-0.1, -0.05) is 73.9 Å². The van der Waals surface area contributed by atoms with Crippen LogP contribution in [0, 0.1) is 12.7 Å². The van der Waals surface area contributed by atoms with Gasteiger partial charge in [0, 0.05) is 44.7 Å². The molecule has 0 spiro atoms. The summed E-state index contributed by atoms with van der Waals surface area (Å²) >= 11 is 0.258. The van der Waals surface area contributed by atoms with Gasteiger partial charge in [0.25, 0.3) is 5.56 Å². The normalized spacial score (nSPS) is 21.5. The van der Waals surface area contributed by atoms with Crippen LogP contribution in [0.3, 0.4) is 0 Å². The minimum atomic E-state index is -5.31. The van der Waals surface area contributed by atoms with Crippen LogP contribution in [-0.2, 0) is 42.6 Å². The van der Waals surface area contributed by atoms with Gasteiger partial charge in [0.1, 0.15) is 12.3 Å². The molecule has 6 nitrogen and oxygen atoms in total. The lowest BCUT2D eigenvalue weighted by molar-refractivity contribution is -0.138. The van der Waals surface area contributed by atoms with Crippen molar-refractivity contribution in [3.8, 4) is 11.1 Å². The second-order valence-electron chi connectivity index (χ2n) is 9.76. The molecule has 3 aromatic carbocycles. The highest BCUT2D eigenvalue weighted by molar-refractivity contribution is 7.98. The van der Waals surface area contributed by atoms with Crippen LogP contribution < -0.4 is 5.56 Å². The van der Waals surface area contributed by atoms with Crippen LogP contribution in [0.4, 0.5) is 17.6 Å². The Morgan fingerprint density at radius 1 is 0.979 bits per heavy atom. The topological polar surface area (TPSA) is 58.4 Å². The third kappa shape index (κ3) is 8.54. The van der Waals surface area contributed by atoms with Crippen molar-refractivity contribution in [1.82, 2.24) is 19.4 Å². The summed E-state index contributed by atoms with van der Waals surface area (Å²) in [4.78, 5) is 31.2. The molecule has 0 saturated heterocycles. The lowest BCUT2D eigenvalue weighted by Gasteiger charge is -2.28. The van der Waals surface area contributed by atoms with Crippen molar-refractivity contribution in [2.45, 2.75) is 70.1 Å². The van der Waals surface area contributed by atoms with Crippen molar-refractivity contribution in [3.63, 3.8) is 0 Å². The van der Waals surface area contributed by atoms with E-state index in [1.165, 1.54) is 0 Å². The van der Waals surface area contributed by atoms with Gasteiger partial charge in [-0.2, -0.15) is 18.2 Å². The molecule has 1 amide bonds. The molecule has 1 aliphatic rings. The third-order valence-corrected chi connectivity index (χ3v) is 7.58. The molecule has 0 N–H and O–H groups in total. The van der Waals surface area contributed by atoms with E-state index in [0.717, 1.165) is 0 Å². The molecule has 0 unspecified atom stereocenters. The molecule has 5 rings (SSSR count). The van der Waals surface area contributed by atoms with Crippen LogP contribution in [0.5, 0.6) is 0 Å². The number of carbonyl (C=O) groups is 1. The lowest BCUT2D eigenvalue weighted by atomic mass is 9.98. The number of hydrogen-bond acceptors (Lipinski definition) is 5. The average molecular weight is 704 g/mol. The number of nitrogens with zero attached hydrogens (tertiary/aromatic N) is 4. The fraction of sp³-hybridized carbons (Fsp3) is 0.378. The molecule has 0 bridgehead atoms. The first-order valence-corrected chi connectivity index (χ1v) is 14.9. The van der Waals surface area contributed by atoms with Gasteiger partial charge in [-0.05, 0) is 85.1 Å². The predicted molar refractivity (Wildman–Crippen MR) is 181 cm³/mol. The number of hydrogen-bond donors (Lipinski definition) is 0. The van der Waals surface area contributed by atoms with Crippen LogP contribution in [0.25, 0.3) is 11.1 Å². The molecule has 254 valence electrons. The maximum Gasteiger partial charge on any atom is 0.416 e. The summed E-state index contributed by atoms with van der Waals surface area (Å²) in [5.74, 6) is -4.87. The number of aromatic nitrogens is 2. The van der Waals surface area contributed by atoms with E-state index in [1.54, 1.807) is 0 Å². The molecule has 0 fully saturated rings. The summed E-state index contributed by atoms with van der Waals surface area (Å²) in [5.41, 5.74) is -8.93. The number of amides is 1. The fourth-order valence-electron chi connectivity index (χ4n) is 4.38. The highest BCUT2D eigenvalue weighted by atomic mass is 32.2. The largest absolute Gasteiger partial charge is 0.416 e. The van der Waals surface area contributed by atoms with E-state index in [-0.39, 0.29) is 42.3 Å². The van der Waals surface area contributed by atoms with Crippen molar-refractivity contribution >= 4 is 17.7 Å². The van der Waals surface area contributed by atoms with Gasteiger partial charge < -0.3 is 14.4 Å². The van der Waals surface area contributed by atoms with Gasteiger partial charge in [-0.3, -0.25) is 9.59 Å². The van der Waals surface area contributed by atoms with E-state index >= 15 is 4.79 Å². The monoisotopic (exact) mass is 703 g/mol. The number of thioether (sulfide) groups is 1. The summed E-state index contributed by atoms with van der Waals surface area (Å²) in [7, 11) is 0. The zero-order chi connectivity index (χ0) is 54.8. The van der Waals surface area contributed by atoms with E-state index in [0.29, 0.717) is 25.3 Å². The molecule has 48 heavy (non-hydrogen) atoms. The van der Waals surface area contributed by atoms with E-state index in [9.17, 15) is 30.6 Å². The molecule has 1 aliphatic carbocycles. The summed E-state index contributed by atoms with van der Waals surface area (Å²) in [5, 5.41) is -0.859. The molecule has 0 radical (unpaired) electrons. The van der Waals surface area contributed by atoms with Crippen molar-refractivity contribution in [2.75, 3.05) is 26.0 Å². The molecule has 0 atom stereocenters. The molecular weight excluding hydrogens is 640 g/mol. The maximum absolute atomic E-state index is 15.3. The van der Waals surface area contributed by atoms with Crippen molar-refractivity contribution < 1.29 is 53.9 Å². The Hall–Kier alpha value is -3.96. The molecule has 0 saturated carbocycles. The Morgan fingerprint density at radius 2 is 1.65 bits per heavy atom. The van der Waals surface area contributed by atoms with E-state index in [2.05, 4.69) is 4.98 Å². The van der Waals surface area contributed by atoms with Crippen LogP contribution >= 0.6 is 11.8 Å². The highest BCUT2D eigenvalue weighted by Crippen LogP contribution is 2.34. The van der Waals surface area contributed by atoms with Gasteiger partial charge in [0.2, 0.25) is 5.91 Å². The SMILES string of the molecule is [2H]c1c([2H])c(CSc2nc(=O)c3c(n2C([2H])([2H])C(=O)N(C([2H])([2H])c2c([2H])c([2H])c(-c4c([2H])c([2H])c(C(F)(F)F)c(C)c4[2H])c([2H])c2[2H])C([2H])([2H])C([2H])([2H])N(C([2H])([2H])C)C([2H])([2H])C)CCC3)c([2H])c([2H])c1F. The van der Waals surface area contributed by atoms with Crippen LogP contribution in [-0.4, -0.2) is 51.2 Å². The second kappa shape index (κ2) is 15.5. The quantitative estimate of drug-likeness (QED) is 0.0819. The van der Waals surface area contributed by atoms with Gasteiger partial charge in [-0.25, -0.2) is 4.39 Å². The predicted octanol–water partition coefficient (Wildman–Crippen LogP) is 7.53. The van der Waals surface area contributed by atoms with Crippen molar-refractivity contribution in [1.29, 1.82) is 0 Å². The Labute approximate surface area is 315 Å². The number of benzene rings is 3. The highest BCUT2D eigenvalue weighted by Gasteiger charge is 2.32. The average Bonchev–Trinajstić information content (AvgIpc) is 3.70. The standard InChI is InChI=1S/C37H40F4N4O2S/c1-4-43(5-2)19-20-44(22-26-9-13-28(14-10-26)29-15-18-32(25(3)21-29)37(39,40)41)34(46)23-45-33-8-6-7-31(33)35(47)42-36(45)48-24-27-11-16-30(38)17-12-27/h9-18,21H,4-8,19-20,22-24H2,1-3H3/i4D2,5D2,9D,10D,11D,12D,13D,14D,15D,16D,17D,18D,19D2,20D2,21D,22D2,23D2. The Kier molecular flexibility index (Phi) is 5.22. The van der Waals surface area contributed by atoms with Gasteiger partial charge in [0.15, 0.2) is 5.16 Å². The zero-order valence-electron chi connectivity index (χ0n) is 48.4. The number of alkyl halides is 3. The lowest BCUT2D eigenvalue weighted by Crippen LogP contribution is -2.40. The number of halogens is 4. The van der Waals surface area contributed by atoms with E-state index in [4.69, 9.17) is 23.3 Å². The maximum atomic E-state index is 15.3. The van der Waals surface area contributed by atoms with Crippen LogP contribution in [0.1, 0.15) is 85.3 Å². The van der Waals surface area contributed by atoms with E-state index < -0.39 is 183 Å². The second-order valence-corrected chi connectivity index (χ2v) is 10.7. The molecular formula is C37H40F4N4O2S. The zero-order valence-corrected chi connectivity index (χ0v) is 26.2. The van der Waals surface area contributed by atoms with E-state index in [1.807, 2.05) is 0 Å². The van der Waals surface area contributed by atoms with Gasteiger partial charge in [0.05, 0.1) is 28.9 Å². The van der Waals surface area contributed by atoms with Crippen molar-refractivity contribution in [3.05, 3.63) is 116 Å². The first-order valence-electron chi connectivity index (χ1n) is 25.4. The fourth-order valence-corrected chi connectivity index (χ4v) is 5.23. The molecule has 1 heterocycles. The first kappa shape index (κ1) is 16.2. The minimum Gasteiger partial charge on any atom is -0.336 e. The summed E-state index contributed by atoms with van der Waals surface area (Å²) < 4.78 is 257. The molecule has 1 aromatic heterocycles. The molecule has 4 aromatic rings. The smallest absolute Gasteiger partial charge is 0.336 e. The summed E-state index contributed by atoms with van der Waals surface area (Å²) in [6.45, 7) is -22.4. The minimum absolute atomic E-state index is 0.0658. The number of fused-ring (bicyclic) bond motifs is 1. The number of likely N-dealkylation sites (N-methyl/N-ethyl adjacent to an activating group) is 1. The summed E-state index contributed by atoms with van der Waals surface area (Å²) in [6, 6.07) is -14.6. The first-order chi connectivity index (χ1) is 32.0. The molecule has 11 heteroatoms. The third-order valence-electron chi connectivity index (χ3n) is 6.61. The van der Waals surface area contributed by atoms with Crippen LogP contribution in [0.2, 0.25) is 0 Å². The number of rotatable bonds is 13. The molecule has 0 aliphatic heterocycles. The Balaban J connectivity index is 1.89. The van der Waals surface area contributed by atoms with Crippen LogP contribution in [0.15, 0.2) is 76.4 Å². The van der Waals surface area contributed by atoms with Gasteiger partial charge >= 0.3 is 6.18 Å². The summed E-state index contributed by atoms with van der Waals surface area (Å²) in [6.07, 6.45) is -5.64. The number of carbonyl (C=O) groups excluding carboxylic acids is 1. The van der Waals surface area contributed by atoms with Gasteiger partial charge in [-0.15, -0.1) is 0 Å². The Bertz CT molecular complexity index is 2840. The van der Waals surface area contributed by atoms with Crippen molar-refractivity contribution in [2.24, 2.45) is 0 Å². The Morgan fingerprint density at radius 3 is 2.31 bits per heavy atom.